The lowest BCUT2D eigenvalue weighted by Crippen LogP contribution is -2.48. The zero-order valence-electron chi connectivity index (χ0n) is 17.4. The highest BCUT2D eigenvalue weighted by Gasteiger charge is 2.42. The highest BCUT2D eigenvalue weighted by atomic mass is 16.2. The number of aryl methyl sites for hydroxylation is 1. The first kappa shape index (κ1) is 19.7. The van der Waals surface area contributed by atoms with Crippen LogP contribution in [0.3, 0.4) is 0 Å². The fourth-order valence-electron chi connectivity index (χ4n) is 4.08. The van der Waals surface area contributed by atoms with Crippen molar-refractivity contribution in [1.82, 2.24) is 14.5 Å². The molecule has 1 N–H and O–H groups in total. The minimum atomic E-state index is -1.02. The molecule has 3 aromatic carbocycles. The molecule has 1 aliphatic heterocycles. The quantitative estimate of drug-likeness (QED) is 0.498. The summed E-state index contributed by atoms with van der Waals surface area (Å²) in [6.45, 7) is 0. The van der Waals surface area contributed by atoms with Crippen molar-refractivity contribution in [2.24, 2.45) is 7.05 Å². The van der Waals surface area contributed by atoms with Gasteiger partial charge in [-0.05, 0) is 29.8 Å². The number of imide groups is 1. The van der Waals surface area contributed by atoms with Gasteiger partial charge in [0.2, 0.25) is 11.9 Å². The molecule has 1 aromatic heterocycles. The molecule has 0 saturated heterocycles. The molecule has 4 aromatic rings. The lowest BCUT2D eigenvalue weighted by molar-refractivity contribution is -0.120. The van der Waals surface area contributed by atoms with E-state index in [1.54, 1.807) is 35.9 Å². The van der Waals surface area contributed by atoms with Gasteiger partial charge in [-0.2, -0.15) is 0 Å². The van der Waals surface area contributed by atoms with E-state index in [1.807, 2.05) is 54.6 Å². The zero-order valence-corrected chi connectivity index (χ0v) is 17.4. The minimum Gasteiger partial charge on any atom is -0.313 e. The Morgan fingerprint density at radius 2 is 1.47 bits per heavy atom. The Labute approximate surface area is 184 Å². The number of hydrogen-bond donors (Lipinski definition) is 1. The van der Waals surface area contributed by atoms with E-state index in [0.29, 0.717) is 17.1 Å². The first-order chi connectivity index (χ1) is 15.5. The first-order valence-corrected chi connectivity index (χ1v) is 10.3. The van der Waals surface area contributed by atoms with Crippen molar-refractivity contribution >= 4 is 34.7 Å². The number of hydrogen-bond acceptors (Lipinski definition) is 4. The van der Waals surface area contributed by atoms with Crippen LogP contribution in [0, 0.1) is 0 Å². The Hall–Kier alpha value is -4.26. The van der Waals surface area contributed by atoms with Crippen LogP contribution in [0.25, 0.3) is 11.0 Å². The summed E-state index contributed by atoms with van der Waals surface area (Å²) in [5.41, 5.74) is 3.07. The van der Waals surface area contributed by atoms with Gasteiger partial charge >= 0.3 is 0 Å². The van der Waals surface area contributed by atoms with Gasteiger partial charge in [-0.3, -0.25) is 24.6 Å². The van der Waals surface area contributed by atoms with Crippen LogP contribution in [-0.4, -0.2) is 38.2 Å². The topological polar surface area (TPSA) is 84.3 Å². The summed E-state index contributed by atoms with van der Waals surface area (Å²) in [5, 5.41) is 2.83. The summed E-state index contributed by atoms with van der Waals surface area (Å²) in [6, 6.07) is 22.5. The zero-order chi connectivity index (χ0) is 22.2. The van der Waals surface area contributed by atoms with Gasteiger partial charge in [0.1, 0.15) is 6.04 Å². The molecule has 0 radical (unpaired) electrons. The fourth-order valence-corrected chi connectivity index (χ4v) is 4.08. The van der Waals surface area contributed by atoms with Gasteiger partial charge in [-0.25, -0.2) is 4.98 Å². The van der Waals surface area contributed by atoms with Crippen LogP contribution in [-0.2, 0) is 18.3 Å². The first-order valence-electron chi connectivity index (χ1n) is 10.3. The van der Waals surface area contributed by atoms with E-state index in [-0.39, 0.29) is 6.42 Å². The third-order valence-electron chi connectivity index (χ3n) is 5.73. The van der Waals surface area contributed by atoms with Crippen LogP contribution in [0.5, 0.6) is 0 Å². The number of carbonyl (C=O) groups excluding carboxylic acids is 3. The monoisotopic (exact) mass is 424 g/mol. The van der Waals surface area contributed by atoms with Crippen LogP contribution in [0.2, 0.25) is 0 Å². The molecule has 5 rings (SSSR count). The molecular formula is C25H20N4O3. The Kier molecular flexibility index (Phi) is 4.78. The van der Waals surface area contributed by atoms with Gasteiger partial charge in [0.15, 0.2) is 0 Å². The molecule has 1 atom stereocenters. The Balaban J connectivity index is 1.51. The van der Waals surface area contributed by atoms with Crippen molar-refractivity contribution in [2.75, 3.05) is 5.32 Å². The molecule has 0 bridgehead atoms. The van der Waals surface area contributed by atoms with Gasteiger partial charge in [-0.1, -0.05) is 54.6 Å². The number of imidazole rings is 1. The van der Waals surface area contributed by atoms with Crippen LogP contribution in [0.15, 0.2) is 78.9 Å². The molecule has 0 saturated carbocycles. The summed E-state index contributed by atoms with van der Waals surface area (Å²) in [4.78, 5) is 45.2. The van der Waals surface area contributed by atoms with Crippen molar-refractivity contribution in [3.05, 3.63) is 95.6 Å². The summed E-state index contributed by atoms with van der Waals surface area (Å²) < 4.78 is 1.77. The van der Waals surface area contributed by atoms with Crippen molar-refractivity contribution in [1.29, 1.82) is 0 Å². The van der Waals surface area contributed by atoms with E-state index in [1.165, 1.54) is 0 Å². The SMILES string of the molecule is Cn1c(NC(=O)[C@H](Cc2ccccc2)N2C(=O)c3ccccc3C2=O)nc2ccccc21. The fraction of sp³-hybridized carbons (Fsp3) is 0.120. The normalized spacial score (nSPS) is 14.0. The number of para-hydroxylation sites is 2. The Morgan fingerprint density at radius 1 is 0.875 bits per heavy atom. The van der Waals surface area contributed by atoms with Crippen LogP contribution in [0.4, 0.5) is 5.95 Å². The molecule has 0 unspecified atom stereocenters. The highest BCUT2D eigenvalue weighted by Crippen LogP contribution is 2.27. The molecule has 32 heavy (non-hydrogen) atoms. The van der Waals surface area contributed by atoms with Gasteiger partial charge in [0.05, 0.1) is 22.2 Å². The molecule has 2 heterocycles. The number of carbonyl (C=O) groups is 3. The summed E-state index contributed by atoms with van der Waals surface area (Å²) in [6.07, 6.45) is 0.197. The number of aromatic nitrogens is 2. The molecule has 3 amide bonds. The summed E-state index contributed by atoms with van der Waals surface area (Å²) in [5.74, 6) is -1.05. The van der Waals surface area contributed by atoms with Gasteiger partial charge in [0, 0.05) is 13.5 Å². The summed E-state index contributed by atoms with van der Waals surface area (Å²) in [7, 11) is 1.80. The molecule has 7 heteroatoms. The largest absolute Gasteiger partial charge is 0.313 e. The molecule has 0 fully saturated rings. The Morgan fingerprint density at radius 3 is 2.12 bits per heavy atom. The maximum absolute atomic E-state index is 13.5. The van der Waals surface area contributed by atoms with Crippen molar-refractivity contribution in [2.45, 2.75) is 12.5 Å². The maximum atomic E-state index is 13.5. The molecule has 0 aliphatic carbocycles. The second-order valence-corrected chi connectivity index (χ2v) is 7.70. The number of anilines is 1. The molecule has 158 valence electrons. The number of fused-ring (bicyclic) bond motifs is 2. The smallest absolute Gasteiger partial charge is 0.262 e. The van der Waals surface area contributed by atoms with E-state index in [2.05, 4.69) is 10.3 Å². The van der Waals surface area contributed by atoms with Gasteiger partial charge in [-0.15, -0.1) is 0 Å². The van der Waals surface area contributed by atoms with Gasteiger partial charge < -0.3 is 4.57 Å². The van der Waals surface area contributed by atoms with E-state index >= 15 is 0 Å². The second kappa shape index (κ2) is 7.77. The third kappa shape index (κ3) is 3.24. The number of nitrogens with one attached hydrogen (secondary N) is 1. The van der Waals surface area contributed by atoms with E-state index < -0.39 is 23.8 Å². The molecule has 1 aliphatic rings. The standard InChI is InChI=1S/C25H20N4O3/c1-28-20-14-8-7-13-19(20)26-25(28)27-22(30)21(15-16-9-3-2-4-10-16)29-23(31)17-11-5-6-12-18(17)24(29)32/h2-14,21H,15H2,1H3,(H,26,27,30)/t21-/m0/s1. The van der Waals surface area contributed by atoms with Crippen LogP contribution >= 0.6 is 0 Å². The number of benzene rings is 3. The van der Waals surface area contributed by atoms with E-state index in [9.17, 15) is 14.4 Å². The Bertz CT molecular complexity index is 1330. The second-order valence-electron chi connectivity index (χ2n) is 7.70. The van der Waals surface area contributed by atoms with Crippen molar-refractivity contribution in [3.63, 3.8) is 0 Å². The number of nitrogens with zero attached hydrogens (tertiary/aromatic N) is 3. The average molecular weight is 424 g/mol. The van der Waals surface area contributed by atoms with E-state index in [0.717, 1.165) is 21.5 Å². The predicted molar refractivity (Wildman–Crippen MR) is 120 cm³/mol. The molecule has 7 nitrogen and oxygen atoms in total. The lowest BCUT2D eigenvalue weighted by Gasteiger charge is -2.25. The highest BCUT2D eigenvalue weighted by molar-refractivity contribution is 6.23. The predicted octanol–water partition coefficient (Wildman–Crippen LogP) is 3.42. The third-order valence-corrected chi connectivity index (χ3v) is 5.73. The molecular weight excluding hydrogens is 404 g/mol. The van der Waals surface area contributed by atoms with Gasteiger partial charge in [0.25, 0.3) is 11.8 Å². The van der Waals surface area contributed by atoms with Crippen molar-refractivity contribution < 1.29 is 14.4 Å². The maximum Gasteiger partial charge on any atom is 0.262 e. The number of amides is 3. The number of rotatable bonds is 5. The van der Waals surface area contributed by atoms with Crippen LogP contribution < -0.4 is 5.32 Å². The lowest BCUT2D eigenvalue weighted by atomic mass is 10.0. The minimum absolute atomic E-state index is 0.197. The van der Waals surface area contributed by atoms with E-state index in [4.69, 9.17) is 0 Å². The van der Waals surface area contributed by atoms with Crippen LogP contribution in [0.1, 0.15) is 26.3 Å². The summed E-state index contributed by atoms with van der Waals surface area (Å²) >= 11 is 0. The molecule has 0 spiro atoms. The van der Waals surface area contributed by atoms with Crippen molar-refractivity contribution in [3.8, 4) is 0 Å². The average Bonchev–Trinajstić information content (AvgIpc) is 3.27.